The second-order valence-electron chi connectivity index (χ2n) is 9.20. The van der Waals surface area contributed by atoms with Gasteiger partial charge in [-0.25, -0.2) is 0 Å². The number of aliphatic hydroxyl groups is 2. The van der Waals surface area contributed by atoms with E-state index in [4.69, 9.17) is 18.9 Å². The Morgan fingerprint density at radius 1 is 0.550 bits per heavy atom. The zero-order valence-corrected chi connectivity index (χ0v) is 23.2. The molecule has 0 aliphatic rings. The predicted molar refractivity (Wildman–Crippen MR) is 158 cm³/mol. The number of aryl methyl sites for hydroxylation is 1. The van der Waals surface area contributed by atoms with E-state index in [0.717, 1.165) is 28.2 Å². The minimum atomic E-state index is -1.04. The zero-order valence-electron chi connectivity index (χ0n) is 23.2. The third kappa shape index (κ3) is 8.07. The highest BCUT2D eigenvalue weighted by Crippen LogP contribution is 2.37. The number of rotatable bonds is 14. The number of nitrogens with zero attached hydrogens (tertiary/aromatic N) is 1. The molecule has 2 N–H and O–H groups in total. The highest BCUT2D eigenvalue weighted by molar-refractivity contribution is 5.78. The van der Waals surface area contributed by atoms with Gasteiger partial charge in [-0.1, -0.05) is 42.0 Å². The van der Waals surface area contributed by atoms with Crippen molar-refractivity contribution in [3.63, 3.8) is 0 Å². The molecule has 7 nitrogen and oxygen atoms in total. The van der Waals surface area contributed by atoms with Gasteiger partial charge >= 0.3 is 0 Å². The van der Waals surface area contributed by atoms with E-state index in [1.807, 2.05) is 62.4 Å². The number of anilines is 3. The van der Waals surface area contributed by atoms with Crippen LogP contribution in [0.4, 0.5) is 17.1 Å². The molecule has 0 saturated heterocycles. The van der Waals surface area contributed by atoms with Crippen molar-refractivity contribution in [2.75, 3.05) is 31.3 Å². The fraction of sp³-hybridized carbons (Fsp3) is 0.273. The van der Waals surface area contributed by atoms with E-state index in [-0.39, 0.29) is 13.2 Å². The van der Waals surface area contributed by atoms with Gasteiger partial charge in [0.25, 0.3) is 0 Å². The first-order chi connectivity index (χ1) is 19.5. The number of hydrogen-bond donors (Lipinski definition) is 2. The van der Waals surface area contributed by atoms with Crippen LogP contribution >= 0.6 is 0 Å². The van der Waals surface area contributed by atoms with Crippen LogP contribution in [0.25, 0.3) is 11.1 Å². The lowest BCUT2D eigenvalue weighted by Gasteiger charge is -2.26. The molecular formula is C33H37NO6. The summed E-state index contributed by atoms with van der Waals surface area (Å²) in [5, 5.41) is 20.1. The van der Waals surface area contributed by atoms with Crippen LogP contribution in [-0.2, 0) is 9.47 Å². The number of benzene rings is 4. The van der Waals surface area contributed by atoms with Gasteiger partial charge in [-0.15, -0.1) is 0 Å². The van der Waals surface area contributed by atoms with Crippen molar-refractivity contribution < 1.29 is 29.2 Å². The Morgan fingerprint density at radius 2 is 0.900 bits per heavy atom. The molecule has 0 spiro atoms. The van der Waals surface area contributed by atoms with Crippen LogP contribution in [0.1, 0.15) is 19.4 Å². The van der Waals surface area contributed by atoms with Crippen LogP contribution in [0.15, 0.2) is 97.1 Å². The van der Waals surface area contributed by atoms with Gasteiger partial charge in [-0.2, -0.15) is 0 Å². The summed E-state index contributed by atoms with van der Waals surface area (Å²) in [7, 11) is 0. The molecule has 40 heavy (non-hydrogen) atoms. The molecule has 210 valence electrons. The van der Waals surface area contributed by atoms with E-state index < -0.39 is 12.6 Å². The van der Waals surface area contributed by atoms with Crippen molar-refractivity contribution in [2.45, 2.75) is 33.4 Å². The summed E-state index contributed by atoms with van der Waals surface area (Å²) in [6.45, 7) is 7.03. The van der Waals surface area contributed by atoms with Crippen molar-refractivity contribution in [3.8, 4) is 22.6 Å². The Balaban J connectivity index is 1.60. The minimum Gasteiger partial charge on any atom is -0.463 e. The van der Waals surface area contributed by atoms with Gasteiger partial charge in [0.05, 0.1) is 0 Å². The van der Waals surface area contributed by atoms with Gasteiger partial charge in [0, 0.05) is 30.3 Å². The highest BCUT2D eigenvalue weighted by atomic mass is 16.6. The summed E-state index contributed by atoms with van der Waals surface area (Å²) in [6, 6.07) is 31.9. The van der Waals surface area contributed by atoms with Gasteiger partial charge in [-0.3, -0.25) is 0 Å². The lowest BCUT2D eigenvalue weighted by molar-refractivity contribution is -0.0751. The lowest BCUT2D eigenvalue weighted by Crippen LogP contribution is -2.22. The average molecular weight is 544 g/mol. The van der Waals surface area contributed by atoms with Gasteiger partial charge < -0.3 is 34.1 Å². The fourth-order valence-corrected chi connectivity index (χ4v) is 4.16. The molecule has 0 aliphatic carbocycles. The maximum atomic E-state index is 10.0. The van der Waals surface area contributed by atoms with Gasteiger partial charge in [0.2, 0.25) is 12.6 Å². The summed E-state index contributed by atoms with van der Waals surface area (Å²) in [5.74, 6) is 1.08. The maximum Gasteiger partial charge on any atom is 0.221 e. The molecule has 4 aromatic rings. The zero-order chi connectivity index (χ0) is 28.3. The molecule has 2 atom stereocenters. The molecular weight excluding hydrogens is 506 g/mol. The first-order valence-corrected chi connectivity index (χ1v) is 13.5. The largest absolute Gasteiger partial charge is 0.463 e. The van der Waals surface area contributed by atoms with Crippen molar-refractivity contribution in [2.24, 2.45) is 0 Å². The molecule has 0 aromatic heterocycles. The normalized spacial score (nSPS) is 12.5. The van der Waals surface area contributed by atoms with E-state index in [0.29, 0.717) is 24.7 Å². The van der Waals surface area contributed by atoms with Gasteiger partial charge in [-0.05, 0) is 92.6 Å². The highest BCUT2D eigenvalue weighted by Gasteiger charge is 2.15. The Hall–Kier alpha value is -3.88. The molecule has 2 unspecified atom stereocenters. The molecule has 7 heteroatoms. The van der Waals surface area contributed by atoms with Crippen LogP contribution in [-0.4, -0.2) is 49.2 Å². The third-order valence-corrected chi connectivity index (χ3v) is 6.17. The predicted octanol–water partition coefficient (Wildman–Crippen LogP) is 6.60. The summed E-state index contributed by atoms with van der Waals surface area (Å²) < 4.78 is 21.6. The smallest absolute Gasteiger partial charge is 0.221 e. The number of aliphatic hydroxyl groups excluding tert-OH is 2. The van der Waals surface area contributed by atoms with Crippen LogP contribution in [0.5, 0.6) is 11.5 Å². The van der Waals surface area contributed by atoms with E-state index >= 15 is 0 Å². The molecule has 4 rings (SSSR count). The van der Waals surface area contributed by atoms with Gasteiger partial charge in [0.15, 0.2) is 0 Å². The van der Waals surface area contributed by atoms with E-state index in [1.165, 1.54) is 5.56 Å². The quantitative estimate of drug-likeness (QED) is 0.174. The molecule has 4 aromatic carbocycles. The number of hydrogen-bond acceptors (Lipinski definition) is 7. The first kappa shape index (κ1) is 29.1. The average Bonchev–Trinajstić information content (AvgIpc) is 2.98. The van der Waals surface area contributed by atoms with Crippen LogP contribution in [0.2, 0.25) is 0 Å². The summed E-state index contributed by atoms with van der Waals surface area (Å²) in [6.07, 6.45) is -2.08. The van der Waals surface area contributed by atoms with E-state index in [2.05, 4.69) is 60.4 Å². The molecule has 0 bridgehead atoms. The van der Waals surface area contributed by atoms with Gasteiger partial charge in [0.1, 0.15) is 24.7 Å². The van der Waals surface area contributed by atoms with Crippen molar-refractivity contribution in [1.82, 2.24) is 0 Å². The molecule has 0 fully saturated rings. The van der Waals surface area contributed by atoms with Crippen LogP contribution in [0.3, 0.4) is 0 Å². The molecule has 0 aliphatic heterocycles. The summed E-state index contributed by atoms with van der Waals surface area (Å²) in [5.41, 5.74) is 6.28. The Kier molecular flexibility index (Phi) is 10.5. The SMILES string of the molecule is CCOCC(O)Oc1ccc(N(c2ccc(OC(O)COCC)cc2)c2ccc(-c3ccc(C)cc3)cc2)cc1. The van der Waals surface area contributed by atoms with E-state index in [9.17, 15) is 10.2 Å². The molecule has 0 amide bonds. The van der Waals surface area contributed by atoms with Crippen LogP contribution < -0.4 is 14.4 Å². The second-order valence-corrected chi connectivity index (χ2v) is 9.20. The molecule has 0 heterocycles. The maximum absolute atomic E-state index is 10.0. The summed E-state index contributed by atoms with van der Waals surface area (Å²) >= 11 is 0. The third-order valence-electron chi connectivity index (χ3n) is 6.17. The first-order valence-electron chi connectivity index (χ1n) is 13.5. The van der Waals surface area contributed by atoms with E-state index in [1.54, 1.807) is 0 Å². The summed E-state index contributed by atoms with van der Waals surface area (Å²) in [4.78, 5) is 2.11. The van der Waals surface area contributed by atoms with Crippen LogP contribution in [0, 0.1) is 6.92 Å². The molecule has 0 saturated carbocycles. The fourth-order valence-electron chi connectivity index (χ4n) is 4.16. The lowest BCUT2D eigenvalue weighted by atomic mass is 10.0. The topological polar surface area (TPSA) is 80.6 Å². The molecule has 0 radical (unpaired) electrons. The monoisotopic (exact) mass is 543 g/mol. The Bertz CT molecular complexity index is 1230. The Labute approximate surface area is 236 Å². The minimum absolute atomic E-state index is 0.103. The van der Waals surface area contributed by atoms with Crippen molar-refractivity contribution >= 4 is 17.1 Å². The standard InChI is InChI=1S/C33H37NO6/c1-4-37-22-32(35)39-30-18-14-28(15-19-30)34(29-16-20-31(21-17-29)40-33(36)23-38-5-2)27-12-10-26(11-13-27)25-8-6-24(3)7-9-25/h6-21,32-33,35-36H,4-5,22-23H2,1-3H3. The van der Waals surface area contributed by atoms with Crippen molar-refractivity contribution in [1.29, 1.82) is 0 Å². The second kappa shape index (κ2) is 14.5. The Morgan fingerprint density at radius 3 is 1.27 bits per heavy atom. The number of ether oxygens (including phenoxy) is 4. The van der Waals surface area contributed by atoms with Crippen molar-refractivity contribution in [3.05, 3.63) is 103 Å².